The molecule has 0 radical (unpaired) electrons. The molecule has 0 bridgehead atoms. The lowest BCUT2D eigenvalue weighted by atomic mass is 10.2. The number of nitro benzene ring substituents is 1. The molecule has 1 heterocycles. The van der Waals surface area contributed by atoms with Crippen molar-refractivity contribution < 1.29 is 28.8 Å². The topological polar surface area (TPSA) is 137 Å². The largest absolute Gasteiger partial charge is 0.494 e. The van der Waals surface area contributed by atoms with Gasteiger partial charge < -0.3 is 20.1 Å². The fourth-order valence-electron chi connectivity index (χ4n) is 2.24. The number of carbonyl (C=O) groups excluding carboxylic acids is 3. The zero-order valence-electron chi connectivity index (χ0n) is 13.4. The first-order chi connectivity index (χ1) is 11.9. The molecule has 10 nitrogen and oxygen atoms in total. The number of nitrogens with zero attached hydrogens (tertiary/aromatic N) is 1. The van der Waals surface area contributed by atoms with Crippen LogP contribution in [0.1, 0.15) is 19.8 Å². The van der Waals surface area contributed by atoms with Gasteiger partial charge in [-0.3, -0.25) is 19.7 Å². The standard InChI is InChI=1S/C15H17N3O7/c1-2-24-9-3-4-10(12(7-9)18(22)23)16-14(20)8-25-15(21)11-5-6-13(19)17-11/h3-4,7,11H,2,5-6,8H2,1H3,(H,16,20)(H,17,19)/t11-/m0/s1. The maximum atomic E-state index is 11.9. The van der Waals surface area contributed by atoms with Crippen molar-refractivity contribution in [3.8, 4) is 5.75 Å². The molecule has 1 fully saturated rings. The first kappa shape index (κ1) is 18.2. The molecule has 2 N–H and O–H groups in total. The fraction of sp³-hybridized carbons (Fsp3) is 0.400. The van der Waals surface area contributed by atoms with Crippen molar-refractivity contribution in [1.29, 1.82) is 0 Å². The summed E-state index contributed by atoms with van der Waals surface area (Å²) in [5, 5.41) is 15.8. The van der Waals surface area contributed by atoms with E-state index < -0.39 is 29.4 Å². The molecule has 1 saturated heterocycles. The van der Waals surface area contributed by atoms with Crippen LogP contribution in [0.3, 0.4) is 0 Å². The molecule has 0 spiro atoms. The van der Waals surface area contributed by atoms with Crippen LogP contribution < -0.4 is 15.4 Å². The summed E-state index contributed by atoms with van der Waals surface area (Å²) < 4.78 is 9.99. The summed E-state index contributed by atoms with van der Waals surface area (Å²) in [5.41, 5.74) is -0.377. The minimum atomic E-state index is -0.764. The SMILES string of the molecule is CCOc1ccc(NC(=O)COC(=O)[C@@H]2CCC(=O)N2)c([N+](=O)[O-])c1. The molecule has 1 atom stereocenters. The Morgan fingerprint density at radius 2 is 2.20 bits per heavy atom. The Balaban J connectivity index is 1.94. The molecule has 0 aliphatic carbocycles. The predicted octanol–water partition coefficient (Wildman–Crippen LogP) is 0.754. The summed E-state index contributed by atoms with van der Waals surface area (Å²) in [5.74, 6) is -1.40. The maximum Gasteiger partial charge on any atom is 0.329 e. The van der Waals surface area contributed by atoms with Gasteiger partial charge >= 0.3 is 5.97 Å². The van der Waals surface area contributed by atoms with Crippen LogP contribution in [0.2, 0.25) is 0 Å². The quantitative estimate of drug-likeness (QED) is 0.420. The van der Waals surface area contributed by atoms with E-state index in [4.69, 9.17) is 9.47 Å². The minimum absolute atomic E-state index is 0.0383. The zero-order valence-corrected chi connectivity index (χ0v) is 13.4. The van der Waals surface area contributed by atoms with E-state index in [9.17, 15) is 24.5 Å². The van der Waals surface area contributed by atoms with Gasteiger partial charge in [-0.15, -0.1) is 0 Å². The van der Waals surface area contributed by atoms with Gasteiger partial charge in [0.2, 0.25) is 5.91 Å². The Hall–Kier alpha value is -3.17. The number of nitrogens with one attached hydrogen (secondary N) is 2. The number of hydrogen-bond acceptors (Lipinski definition) is 7. The molecule has 134 valence electrons. The Morgan fingerprint density at radius 3 is 2.80 bits per heavy atom. The normalized spacial score (nSPS) is 16.0. The van der Waals surface area contributed by atoms with E-state index in [0.717, 1.165) is 0 Å². The Kier molecular flexibility index (Phi) is 5.88. The highest BCUT2D eigenvalue weighted by atomic mass is 16.6. The van der Waals surface area contributed by atoms with Crippen LogP contribution >= 0.6 is 0 Å². The molecule has 25 heavy (non-hydrogen) atoms. The van der Waals surface area contributed by atoms with Crippen molar-refractivity contribution in [2.24, 2.45) is 0 Å². The number of nitro groups is 1. The number of carbonyl (C=O) groups is 3. The van der Waals surface area contributed by atoms with Gasteiger partial charge in [0.25, 0.3) is 11.6 Å². The predicted molar refractivity (Wildman–Crippen MR) is 85.0 cm³/mol. The Bertz CT molecular complexity index is 704. The average molecular weight is 351 g/mol. The monoisotopic (exact) mass is 351 g/mol. The number of amides is 2. The summed E-state index contributed by atoms with van der Waals surface area (Å²) in [7, 11) is 0. The van der Waals surface area contributed by atoms with Crippen LogP contribution in [0.15, 0.2) is 18.2 Å². The third kappa shape index (κ3) is 4.90. The smallest absolute Gasteiger partial charge is 0.329 e. The second kappa shape index (κ2) is 8.08. The van der Waals surface area contributed by atoms with Crippen molar-refractivity contribution in [1.82, 2.24) is 5.32 Å². The summed E-state index contributed by atoms with van der Waals surface area (Å²) >= 11 is 0. The van der Waals surface area contributed by atoms with Crippen molar-refractivity contribution in [2.75, 3.05) is 18.5 Å². The van der Waals surface area contributed by atoms with Crippen LogP contribution in [-0.2, 0) is 19.1 Å². The van der Waals surface area contributed by atoms with E-state index in [2.05, 4.69) is 10.6 Å². The maximum absolute atomic E-state index is 11.9. The average Bonchev–Trinajstić information content (AvgIpc) is 3.00. The van der Waals surface area contributed by atoms with E-state index in [1.807, 2.05) is 0 Å². The lowest BCUT2D eigenvalue weighted by Gasteiger charge is -2.11. The van der Waals surface area contributed by atoms with Gasteiger partial charge in [0.05, 0.1) is 17.6 Å². The molecule has 0 aromatic heterocycles. The first-order valence-corrected chi connectivity index (χ1v) is 7.57. The molecular formula is C15H17N3O7. The number of hydrogen-bond donors (Lipinski definition) is 2. The van der Waals surface area contributed by atoms with Crippen molar-refractivity contribution >= 4 is 29.2 Å². The first-order valence-electron chi connectivity index (χ1n) is 7.57. The van der Waals surface area contributed by atoms with Crippen LogP contribution in [0.4, 0.5) is 11.4 Å². The number of rotatable bonds is 7. The van der Waals surface area contributed by atoms with Gasteiger partial charge in [-0.2, -0.15) is 0 Å². The minimum Gasteiger partial charge on any atom is -0.494 e. The van der Waals surface area contributed by atoms with Crippen molar-refractivity contribution in [2.45, 2.75) is 25.8 Å². The van der Waals surface area contributed by atoms with Gasteiger partial charge in [-0.05, 0) is 25.5 Å². The molecule has 0 unspecified atom stereocenters. The number of ether oxygens (including phenoxy) is 2. The zero-order chi connectivity index (χ0) is 18.4. The Morgan fingerprint density at radius 1 is 1.44 bits per heavy atom. The van der Waals surface area contributed by atoms with Gasteiger partial charge in [-0.1, -0.05) is 0 Å². The number of esters is 1. The second-order valence-corrected chi connectivity index (χ2v) is 5.18. The fourth-order valence-corrected chi connectivity index (χ4v) is 2.24. The number of anilines is 1. The van der Waals surface area contributed by atoms with Gasteiger partial charge in [-0.25, -0.2) is 4.79 Å². The summed E-state index contributed by atoms with van der Waals surface area (Å²) in [4.78, 5) is 45.0. The molecule has 2 rings (SSSR count). The lowest BCUT2D eigenvalue weighted by Crippen LogP contribution is -2.36. The summed E-state index contributed by atoms with van der Waals surface area (Å²) in [6, 6.07) is 3.24. The molecule has 1 aromatic carbocycles. The van der Waals surface area contributed by atoms with E-state index >= 15 is 0 Å². The van der Waals surface area contributed by atoms with Crippen LogP contribution in [0.5, 0.6) is 5.75 Å². The third-order valence-electron chi connectivity index (χ3n) is 3.38. The van der Waals surface area contributed by atoms with Crippen LogP contribution in [0, 0.1) is 10.1 Å². The molecule has 10 heteroatoms. The third-order valence-corrected chi connectivity index (χ3v) is 3.38. The van der Waals surface area contributed by atoms with E-state index in [0.29, 0.717) is 18.8 Å². The Labute approximate surface area is 142 Å². The van der Waals surface area contributed by atoms with Gasteiger partial charge in [0, 0.05) is 6.42 Å². The number of benzene rings is 1. The van der Waals surface area contributed by atoms with E-state index in [1.54, 1.807) is 6.92 Å². The molecule has 0 saturated carbocycles. The second-order valence-electron chi connectivity index (χ2n) is 5.18. The van der Waals surface area contributed by atoms with Crippen LogP contribution in [-0.4, -0.2) is 42.0 Å². The summed E-state index contributed by atoms with van der Waals surface area (Å²) in [6.07, 6.45) is 0.536. The highest BCUT2D eigenvalue weighted by Gasteiger charge is 2.29. The molecule has 1 aromatic rings. The molecular weight excluding hydrogens is 334 g/mol. The molecule has 1 aliphatic rings. The van der Waals surface area contributed by atoms with Crippen molar-refractivity contribution in [3.63, 3.8) is 0 Å². The summed E-state index contributed by atoms with van der Waals surface area (Å²) in [6.45, 7) is 1.47. The van der Waals surface area contributed by atoms with Gasteiger partial charge in [0.15, 0.2) is 6.61 Å². The van der Waals surface area contributed by atoms with Crippen molar-refractivity contribution in [3.05, 3.63) is 28.3 Å². The van der Waals surface area contributed by atoms with E-state index in [1.165, 1.54) is 18.2 Å². The van der Waals surface area contributed by atoms with Crippen LogP contribution in [0.25, 0.3) is 0 Å². The lowest BCUT2D eigenvalue weighted by molar-refractivity contribution is -0.384. The van der Waals surface area contributed by atoms with E-state index in [-0.39, 0.29) is 23.7 Å². The molecule has 1 aliphatic heterocycles. The van der Waals surface area contributed by atoms with Gasteiger partial charge in [0.1, 0.15) is 17.5 Å². The highest BCUT2D eigenvalue weighted by molar-refractivity contribution is 5.95. The molecule has 2 amide bonds. The highest BCUT2D eigenvalue weighted by Crippen LogP contribution is 2.29.